The molecule has 3 aromatic heterocycles. The zero-order valence-electron chi connectivity index (χ0n) is 22.6. The summed E-state index contributed by atoms with van der Waals surface area (Å²) in [7, 11) is -4.50. The number of hydrogen-bond donors (Lipinski definition) is 3. The molecule has 0 spiro atoms. The van der Waals surface area contributed by atoms with Crippen LogP contribution in [0.5, 0.6) is 0 Å². The third-order valence-electron chi connectivity index (χ3n) is 5.99. The Bertz CT molecular complexity index is 1760. The number of rotatable bonds is 7. The van der Waals surface area contributed by atoms with E-state index in [9.17, 15) is 30.8 Å². The summed E-state index contributed by atoms with van der Waals surface area (Å²) in [6.07, 6.45) is -2.80. The number of aromatic nitrogens is 3. The number of halogens is 4. The number of imidazole rings is 1. The zero-order valence-corrected chi connectivity index (χ0v) is 23.4. The van der Waals surface area contributed by atoms with E-state index in [2.05, 4.69) is 20.0 Å². The summed E-state index contributed by atoms with van der Waals surface area (Å²) in [6, 6.07) is 9.61. The van der Waals surface area contributed by atoms with Gasteiger partial charge in [0.2, 0.25) is 0 Å². The second-order valence-electron chi connectivity index (χ2n) is 10.7. The van der Waals surface area contributed by atoms with E-state index >= 15 is 0 Å². The lowest BCUT2D eigenvalue weighted by Crippen LogP contribution is -2.39. The Kier molecular flexibility index (Phi) is 7.25. The molecule has 1 fully saturated rings. The van der Waals surface area contributed by atoms with Gasteiger partial charge in [-0.25, -0.2) is 23.9 Å². The van der Waals surface area contributed by atoms with E-state index < -0.39 is 39.5 Å². The number of carbonyl (C=O) groups excluding carboxylic acids is 1. The number of anilines is 3. The summed E-state index contributed by atoms with van der Waals surface area (Å²) in [5, 5.41) is 2.88. The number of fused-ring (bicyclic) bond motifs is 1. The van der Waals surface area contributed by atoms with Crippen molar-refractivity contribution < 1.29 is 35.5 Å². The predicted molar refractivity (Wildman–Crippen MR) is 147 cm³/mol. The maximum absolute atomic E-state index is 14.3. The van der Waals surface area contributed by atoms with Gasteiger partial charge in [0.15, 0.2) is 0 Å². The summed E-state index contributed by atoms with van der Waals surface area (Å²) < 4.78 is 89.5. The van der Waals surface area contributed by atoms with Crippen molar-refractivity contribution in [3.05, 3.63) is 71.8 Å². The lowest BCUT2D eigenvalue weighted by atomic mass is 10.1. The van der Waals surface area contributed by atoms with Crippen molar-refractivity contribution in [1.29, 1.82) is 0 Å². The first-order chi connectivity index (χ1) is 19.6. The van der Waals surface area contributed by atoms with Crippen LogP contribution in [0, 0.1) is 5.82 Å². The van der Waals surface area contributed by atoms with E-state index in [0.717, 1.165) is 25.0 Å². The number of carbonyl (C=O) groups is 1. The van der Waals surface area contributed by atoms with Crippen molar-refractivity contribution >= 4 is 39.1 Å². The van der Waals surface area contributed by atoms with Gasteiger partial charge < -0.3 is 10.1 Å². The van der Waals surface area contributed by atoms with E-state index in [-0.39, 0.29) is 28.8 Å². The predicted octanol–water partition coefficient (Wildman–Crippen LogP) is 6.36. The van der Waals surface area contributed by atoms with Crippen molar-refractivity contribution in [2.75, 3.05) is 10.0 Å². The van der Waals surface area contributed by atoms with Crippen molar-refractivity contribution in [3.63, 3.8) is 0 Å². The normalized spacial score (nSPS) is 14.1. The van der Waals surface area contributed by atoms with Crippen LogP contribution >= 0.6 is 0 Å². The molecule has 0 saturated heterocycles. The zero-order chi connectivity index (χ0) is 30.4. The van der Waals surface area contributed by atoms with Gasteiger partial charge >= 0.3 is 22.5 Å². The number of ether oxygens (including phenoxy) is 1. The van der Waals surface area contributed by atoms with Gasteiger partial charge in [0.25, 0.3) is 0 Å². The molecule has 3 N–H and O–H groups in total. The Morgan fingerprint density at radius 3 is 2.31 bits per heavy atom. The molecule has 3 heterocycles. The first-order valence-electron chi connectivity index (χ1n) is 12.7. The Morgan fingerprint density at radius 2 is 1.69 bits per heavy atom. The molecule has 0 atom stereocenters. The third-order valence-corrected chi connectivity index (χ3v) is 6.93. The fourth-order valence-electron chi connectivity index (χ4n) is 4.19. The number of nitrogens with zero attached hydrogens (tertiary/aromatic N) is 3. The van der Waals surface area contributed by atoms with Gasteiger partial charge in [-0.15, -0.1) is 0 Å². The average molecular weight is 607 g/mol. The fourth-order valence-corrected chi connectivity index (χ4v) is 4.93. The number of hydrogen-bond acceptors (Lipinski definition) is 7. The molecule has 1 saturated carbocycles. The molecule has 5 rings (SSSR count). The summed E-state index contributed by atoms with van der Waals surface area (Å²) in [5.74, 6) is -0.398. The molecule has 4 aromatic rings. The molecule has 15 heteroatoms. The number of pyridine rings is 2. The second-order valence-corrected chi connectivity index (χ2v) is 12.1. The average Bonchev–Trinajstić information content (AvgIpc) is 3.62. The molecule has 0 unspecified atom stereocenters. The molecule has 10 nitrogen and oxygen atoms in total. The van der Waals surface area contributed by atoms with Crippen LogP contribution in [0.2, 0.25) is 0 Å². The van der Waals surface area contributed by atoms with E-state index in [0.29, 0.717) is 17.0 Å². The van der Waals surface area contributed by atoms with Gasteiger partial charge in [-0.3, -0.25) is 9.12 Å². The molecular weight excluding hydrogens is 580 g/mol. The van der Waals surface area contributed by atoms with E-state index in [1.807, 2.05) is 0 Å². The third kappa shape index (κ3) is 6.90. The molecule has 1 aliphatic carbocycles. The van der Waals surface area contributed by atoms with Gasteiger partial charge in [-0.2, -0.15) is 21.6 Å². The molecule has 0 aliphatic heterocycles. The van der Waals surface area contributed by atoms with Crippen LogP contribution in [0.3, 0.4) is 0 Å². The van der Waals surface area contributed by atoms with Crippen LogP contribution in [0.1, 0.15) is 50.8 Å². The Morgan fingerprint density at radius 1 is 1.00 bits per heavy atom. The molecule has 42 heavy (non-hydrogen) atoms. The second kappa shape index (κ2) is 10.5. The Labute approximate surface area is 238 Å². The number of alkyl halides is 3. The summed E-state index contributed by atoms with van der Waals surface area (Å²) >= 11 is 0. The first kappa shape index (κ1) is 29.1. The van der Waals surface area contributed by atoms with Gasteiger partial charge in [0, 0.05) is 23.9 Å². The highest BCUT2D eigenvalue weighted by atomic mass is 32.2. The SMILES string of the molecule is CC(C)(C)OC(=O)NS(=O)(=O)Nc1cc(Nc2ccc(C(F)(F)F)cc2)nc(-c2c(C3CC3)nc3ccc(F)cn23)c1. The maximum Gasteiger partial charge on any atom is 0.422 e. The fraction of sp³-hybridized carbons (Fsp3) is 0.296. The van der Waals surface area contributed by atoms with Crippen LogP contribution in [-0.2, 0) is 21.1 Å². The summed E-state index contributed by atoms with van der Waals surface area (Å²) in [4.78, 5) is 21.3. The largest absolute Gasteiger partial charge is 0.443 e. The van der Waals surface area contributed by atoms with Crippen molar-refractivity contribution in [1.82, 2.24) is 19.1 Å². The number of benzene rings is 1. The molecule has 0 bridgehead atoms. The molecular formula is C27H26F4N6O4S. The van der Waals surface area contributed by atoms with Crippen molar-refractivity contribution in [2.45, 2.75) is 51.3 Å². The van der Waals surface area contributed by atoms with Crippen molar-refractivity contribution in [2.24, 2.45) is 0 Å². The Hall–Kier alpha value is -4.40. The van der Waals surface area contributed by atoms with Gasteiger partial charge in [0.05, 0.1) is 28.3 Å². The minimum absolute atomic E-state index is 0.0512. The quantitative estimate of drug-likeness (QED) is 0.209. The van der Waals surface area contributed by atoms with Crippen molar-refractivity contribution in [3.8, 4) is 11.4 Å². The highest BCUT2D eigenvalue weighted by Gasteiger charge is 2.32. The molecule has 0 radical (unpaired) electrons. The van der Waals surface area contributed by atoms with Crippen LogP contribution in [0.15, 0.2) is 54.7 Å². The molecule has 1 aromatic carbocycles. The maximum atomic E-state index is 14.3. The molecule has 1 aliphatic rings. The Balaban J connectivity index is 1.56. The lowest BCUT2D eigenvalue weighted by Gasteiger charge is -2.20. The number of nitrogens with one attached hydrogen (secondary N) is 3. The molecule has 222 valence electrons. The van der Waals surface area contributed by atoms with Crippen LogP contribution in [0.4, 0.5) is 39.5 Å². The van der Waals surface area contributed by atoms with Crippen LogP contribution in [0.25, 0.3) is 17.0 Å². The highest BCUT2D eigenvalue weighted by molar-refractivity contribution is 7.91. The minimum Gasteiger partial charge on any atom is -0.443 e. The van der Waals surface area contributed by atoms with E-state index in [1.54, 1.807) is 25.5 Å². The first-order valence-corrected chi connectivity index (χ1v) is 14.2. The van der Waals surface area contributed by atoms with E-state index in [4.69, 9.17) is 4.74 Å². The highest BCUT2D eigenvalue weighted by Crippen LogP contribution is 2.44. The molecule has 1 amide bonds. The summed E-state index contributed by atoms with van der Waals surface area (Å²) in [6.45, 7) is 4.70. The topological polar surface area (TPSA) is 127 Å². The smallest absolute Gasteiger partial charge is 0.422 e. The van der Waals surface area contributed by atoms with Crippen LogP contribution < -0.4 is 14.8 Å². The standard InChI is InChI=1S/C27H26F4N6O4S/c1-26(2,3)41-25(38)36-42(39,40)35-19-12-20(24-23(15-4-5-15)34-22-11-8-17(28)14-37(22)24)33-21(13-19)32-18-9-6-16(7-10-18)27(29,30)31/h6-15H,4-5H2,1-3H3,(H,36,38)(H2,32,33,35). The van der Waals surface area contributed by atoms with Gasteiger partial charge in [-0.1, -0.05) is 0 Å². The van der Waals surface area contributed by atoms with Crippen LogP contribution in [-0.4, -0.2) is 34.5 Å². The van der Waals surface area contributed by atoms with E-state index in [1.165, 1.54) is 47.0 Å². The van der Waals surface area contributed by atoms with Gasteiger partial charge in [-0.05, 0) is 76.1 Å². The number of amides is 1. The minimum atomic E-state index is -4.53. The monoisotopic (exact) mass is 606 g/mol. The summed E-state index contributed by atoms with van der Waals surface area (Å²) in [5.41, 5.74) is 0.0763. The lowest BCUT2D eigenvalue weighted by molar-refractivity contribution is -0.137. The van der Waals surface area contributed by atoms with Gasteiger partial charge in [0.1, 0.15) is 22.9 Å².